The van der Waals surface area contributed by atoms with Crippen LogP contribution < -0.4 is 4.74 Å². The Morgan fingerprint density at radius 1 is 1.16 bits per heavy atom. The van der Waals surface area contributed by atoms with Crippen molar-refractivity contribution < 1.29 is 4.74 Å². The Morgan fingerprint density at radius 2 is 1.89 bits per heavy atom. The molecule has 1 heteroatoms. The molecule has 0 spiro atoms. The summed E-state index contributed by atoms with van der Waals surface area (Å²) >= 11 is 0. The highest BCUT2D eigenvalue weighted by Crippen LogP contribution is 2.31. The van der Waals surface area contributed by atoms with Crippen LogP contribution in [0.1, 0.15) is 62.6 Å². The molecule has 106 valence electrons. The van der Waals surface area contributed by atoms with E-state index in [1.54, 1.807) is 0 Å². The second-order valence-corrected chi connectivity index (χ2v) is 5.23. The minimum absolute atomic E-state index is 0.620. The van der Waals surface area contributed by atoms with Gasteiger partial charge in [0, 0.05) is 0 Å². The lowest BCUT2D eigenvalue weighted by Gasteiger charge is -2.19. The number of aryl methyl sites for hydroxylation is 2. The highest BCUT2D eigenvalue weighted by Gasteiger charge is 2.13. The fraction of sp³-hybridized carbons (Fsp3) is 0.556. The summed E-state index contributed by atoms with van der Waals surface area (Å²) in [6.07, 6.45) is 7.77. The molecule has 0 N–H and O–H groups in total. The summed E-state index contributed by atoms with van der Waals surface area (Å²) in [4.78, 5) is 0. The number of allylic oxidation sites excluding steroid dienone is 2. The van der Waals surface area contributed by atoms with Crippen LogP contribution in [0.5, 0.6) is 5.75 Å². The van der Waals surface area contributed by atoms with E-state index in [0.29, 0.717) is 5.92 Å². The fourth-order valence-electron chi connectivity index (χ4n) is 2.43. The summed E-state index contributed by atoms with van der Waals surface area (Å²) in [5.74, 6) is 1.67. The maximum atomic E-state index is 5.80. The second kappa shape index (κ2) is 8.04. The highest BCUT2D eigenvalue weighted by molar-refractivity contribution is 5.43. The lowest BCUT2D eigenvalue weighted by atomic mass is 9.88. The molecule has 1 aromatic carbocycles. The van der Waals surface area contributed by atoms with Crippen molar-refractivity contribution in [1.82, 2.24) is 0 Å². The average Bonchev–Trinajstić information content (AvgIpc) is 2.41. The third kappa shape index (κ3) is 4.41. The molecule has 0 saturated carbocycles. The average molecular weight is 260 g/mol. The molecule has 19 heavy (non-hydrogen) atoms. The van der Waals surface area contributed by atoms with Crippen LogP contribution in [-0.2, 0) is 0 Å². The summed E-state index contributed by atoms with van der Waals surface area (Å²) in [6, 6.07) is 4.52. The molecule has 0 amide bonds. The Morgan fingerprint density at radius 3 is 2.47 bits per heavy atom. The van der Waals surface area contributed by atoms with Crippen molar-refractivity contribution in [1.29, 1.82) is 0 Å². The van der Waals surface area contributed by atoms with Crippen LogP contribution in [0.2, 0.25) is 0 Å². The van der Waals surface area contributed by atoms with Gasteiger partial charge in [-0.15, -0.1) is 0 Å². The van der Waals surface area contributed by atoms with E-state index in [1.165, 1.54) is 23.1 Å². The van der Waals surface area contributed by atoms with E-state index in [1.807, 2.05) is 0 Å². The molecule has 1 aromatic rings. The number of benzene rings is 1. The normalized spacial score (nSPS) is 12.9. The van der Waals surface area contributed by atoms with Crippen LogP contribution in [0.25, 0.3) is 0 Å². The summed E-state index contributed by atoms with van der Waals surface area (Å²) < 4.78 is 5.80. The second-order valence-electron chi connectivity index (χ2n) is 5.23. The minimum atomic E-state index is 0.620. The molecule has 0 saturated heterocycles. The van der Waals surface area contributed by atoms with Gasteiger partial charge in [0.05, 0.1) is 6.61 Å². The zero-order valence-electron chi connectivity index (χ0n) is 13.1. The van der Waals surface area contributed by atoms with Gasteiger partial charge in [-0.3, -0.25) is 0 Å². The molecule has 0 radical (unpaired) electrons. The van der Waals surface area contributed by atoms with E-state index in [9.17, 15) is 0 Å². The topological polar surface area (TPSA) is 9.23 Å². The molecule has 1 rings (SSSR count). The first-order valence-corrected chi connectivity index (χ1v) is 7.49. The third-order valence-electron chi connectivity index (χ3n) is 3.61. The number of rotatable bonds is 7. The van der Waals surface area contributed by atoms with Crippen LogP contribution in [0, 0.1) is 13.8 Å². The van der Waals surface area contributed by atoms with Gasteiger partial charge in [0.1, 0.15) is 5.75 Å². The molecular formula is C18H28O. The van der Waals surface area contributed by atoms with Crippen LogP contribution in [-0.4, -0.2) is 6.61 Å². The van der Waals surface area contributed by atoms with Crippen molar-refractivity contribution in [3.05, 3.63) is 41.0 Å². The molecule has 1 unspecified atom stereocenters. The fourth-order valence-corrected chi connectivity index (χ4v) is 2.43. The standard InChI is InChI=1S/C18H28O/c1-6-9-10-16(8-3)17-12-15(5)18(13-14(17)4)19-11-7-2/h6,9,12-13,16H,7-8,10-11H2,1-5H3/b9-6-. The largest absolute Gasteiger partial charge is 0.493 e. The number of ether oxygens (including phenoxy) is 1. The maximum absolute atomic E-state index is 5.80. The van der Waals surface area contributed by atoms with E-state index < -0.39 is 0 Å². The van der Waals surface area contributed by atoms with Gasteiger partial charge in [-0.25, -0.2) is 0 Å². The van der Waals surface area contributed by atoms with Gasteiger partial charge in [-0.05, 0) is 68.7 Å². The highest BCUT2D eigenvalue weighted by atomic mass is 16.5. The SMILES string of the molecule is C/C=C\CC(CC)c1cc(C)c(OCCC)cc1C. The zero-order valence-corrected chi connectivity index (χ0v) is 13.1. The lowest BCUT2D eigenvalue weighted by Crippen LogP contribution is -2.03. The predicted octanol–water partition coefficient (Wildman–Crippen LogP) is 5.55. The molecule has 0 fully saturated rings. The quantitative estimate of drug-likeness (QED) is 0.584. The number of hydrogen-bond donors (Lipinski definition) is 0. The lowest BCUT2D eigenvalue weighted by molar-refractivity contribution is 0.315. The Kier molecular flexibility index (Phi) is 6.69. The first-order valence-electron chi connectivity index (χ1n) is 7.49. The van der Waals surface area contributed by atoms with Crippen LogP contribution in [0.3, 0.4) is 0 Å². The molecule has 0 bridgehead atoms. The van der Waals surface area contributed by atoms with Crippen molar-refractivity contribution in [2.24, 2.45) is 0 Å². The van der Waals surface area contributed by atoms with Gasteiger partial charge >= 0.3 is 0 Å². The Balaban J connectivity index is 2.98. The summed E-state index contributed by atoms with van der Waals surface area (Å²) in [5.41, 5.74) is 4.09. The van der Waals surface area contributed by atoms with E-state index in [2.05, 4.69) is 58.9 Å². The monoisotopic (exact) mass is 260 g/mol. The van der Waals surface area contributed by atoms with Crippen molar-refractivity contribution in [3.63, 3.8) is 0 Å². The smallest absolute Gasteiger partial charge is 0.122 e. The molecule has 1 atom stereocenters. The summed E-state index contributed by atoms with van der Waals surface area (Å²) in [5, 5.41) is 0. The molecule has 0 aliphatic carbocycles. The summed E-state index contributed by atoms with van der Waals surface area (Å²) in [7, 11) is 0. The Hall–Kier alpha value is -1.24. The summed E-state index contributed by atoms with van der Waals surface area (Å²) in [6.45, 7) is 11.6. The van der Waals surface area contributed by atoms with Gasteiger partial charge in [-0.2, -0.15) is 0 Å². The maximum Gasteiger partial charge on any atom is 0.122 e. The van der Waals surface area contributed by atoms with Crippen molar-refractivity contribution in [3.8, 4) is 5.75 Å². The first-order chi connectivity index (χ1) is 9.13. The third-order valence-corrected chi connectivity index (χ3v) is 3.61. The Labute approximate surface area is 118 Å². The minimum Gasteiger partial charge on any atom is -0.493 e. The molecule has 0 aromatic heterocycles. The van der Waals surface area contributed by atoms with E-state index >= 15 is 0 Å². The van der Waals surface area contributed by atoms with Gasteiger partial charge in [-0.1, -0.05) is 32.1 Å². The van der Waals surface area contributed by atoms with Crippen molar-refractivity contribution in [2.45, 2.75) is 59.8 Å². The zero-order chi connectivity index (χ0) is 14.3. The van der Waals surface area contributed by atoms with E-state index in [4.69, 9.17) is 4.74 Å². The van der Waals surface area contributed by atoms with Crippen LogP contribution in [0.15, 0.2) is 24.3 Å². The molecule has 0 heterocycles. The van der Waals surface area contributed by atoms with Crippen molar-refractivity contribution in [2.75, 3.05) is 6.61 Å². The van der Waals surface area contributed by atoms with Crippen molar-refractivity contribution >= 4 is 0 Å². The van der Waals surface area contributed by atoms with Gasteiger partial charge in [0.2, 0.25) is 0 Å². The van der Waals surface area contributed by atoms with Crippen LogP contribution >= 0.6 is 0 Å². The molecule has 0 aliphatic rings. The van der Waals surface area contributed by atoms with Gasteiger partial charge < -0.3 is 4.74 Å². The predicted molar refractivity (Wildman–Crippen MR) is 84.2 cm³/mol. The van der Waals surface area contributed by atoms with Gasteiger partial charge in [0.15, 0.2) is 0 Å². The van der Waals surface area contributed by atoms with E-state index in [0.717, 1.165) is 25.2 Å². The molecule has 0 aliphatic heterocycles. The van der Waals surface area contributed by atoms with E-state index in [-0.39, 0.29) is 0 Å². The Bertz CT molecular complexity index is 418. The first kappa shape index (κ1) is 15.8. The van der Waals surface area contributed by atoms with Crippen LogP contribution in [0.4, 0.5) is 0 Å². The molecule has 1 nitrogen and oxygen atoms in total. The van der Waals surface area contributed by atoms with Gasteiger partial charge in [0.25, 0.3) is 0 Å². The number of hydrogen-bond acceptors (Lipinski definition) is 1. The molecular weight excluding hydrogens is 232 g/mol.